The van der Waals surface area contributed by atoms with Gasteiger partial charge in [-0.1, -0.05) is 29.8 Å². The van der Waals surface area contributed by atoms with E-state index in [1.165, 1.54) is 0 Å². The van der Waals surface area contributed by atoms with Gasteiger partial charge in [-0.2, -0.15) is 0 Å². The van der Waals surface area contributed by atoms with Crippen LogP contribution in [0, 0.1) is 13.8 Å². The molecule has 1 heterocycles. The fourth-order valence-electron chi connectivity index (χ4n) is 2.13. The van der Waals surface area contributed by atoms with E-state index in [9.17, 15) is 8.42 Å². The van der Waals surface area contributed by atoms with E-state index in [1.807, 2.05) is 31.2 Å². The molecule has 0 radical (unpaired) electrons. The van der Waals surface area contributed by atoms with Gasteiger partial charge < -0.3 is 9.73 Å². The van der Waals surface area contributed by atoms with Crippen LogP contribution in [-0.4, -0.2) is 15.5 Å². The first-order valence-corrected chi connectivity index (χ1v) is 8.20. The zero-order valence-corrected chi connectivity index (χ0v) is 13.3. The molecule has 0 fully saturated rings. The second kappa shape index (κ2) is 6.43. The molecule has 21 heavy (non-hydrogen) atoms. The van der Waals surface area contributed by atoms with Gasteiger partial charge in [-0.3, -0.25) is 0 Å². The molecule has 0 unspecified atom stereocenters. The standard InChI is InChI=1S/C15H20N2O3S/c1-11-5-4-6-13(7-11)9-17-21(18,19)15-8-14(10-16-3)20-12(15)2/h4-8,16-17H,9-10H2,1-3H3. The summed E-state index contributed by atoms with van der Waals surface area (Å²) in [6, 6.07) is 9.29. The van der Waals surface area contributed by atoms with Crippen LogP contribution in [0.3, 0.4) is 0 Å². The second-order valence-electron chi connectivity index (χ2n) is 4.98. The summed E-state index contributed by atoms with van der Waals surface area (Å²) in [4.78, 5) is 0.195. The Bertz CT molecular complexity index is 720. The Balaban J connectivity index is 2.15. The van der Waals surface area contributed by atoms with Crippen molar-refractivity contribution in [2.45, 2.75) is 31.8 Å². The van der Waals surface area contributed by atoms with Gasteiger partial charge in [0.05, 0.1) is 6.54 Å². The minimum Gasteiger partial charge on any atom is -0.464 e. The van der Waals surface area contributed by atoms with Crippen molar-refractivity contribution in [2.75, 3.05) is 7.05 Å². The molecule has 114 valence electrons. The third kappa shape index (κ3) is 3.93. The van der Waals surface area contributed by atoms with Crippen LogP contribution in [0.15, 0.2) is 39.6 Å². The predicted octanol–water partition coefficient (Wildman–Crippen LogP) is 2.09. The van der Waals surface area contributed by atoms with E-state index < -0.39 is 10.0 Å². The molecule has 0 atom stereocenters. The number of hydrogen-bond donors (Lipinski definition) is 2. The van der Waals surface area contributed by atoms with Gasteiger partial charge in [0, 0.05) is 12.6 Å². The SMILES string of the molecule is CNCc1cc(S(=O)(=O)NCc2cccc(C)c2)c(C)o1. The third-order valence-corrected chi connectivity index (χ3v) is 4.62. The monoisotopic (exact) mass is 308 g/mol. The molecule has 0 aliphatic heterocycles. The van der Waals surface area contributed by atoms with Gasteiger partial charge in [-0.15, -0.1) is 0 Å². The number of sulfonamides is 1. The summed E-state index contributed by atoms with van der Waals surface area (Å²) in [5.41, 5.74) is 2.03. The first kappa shape index (κ1) is 15.8. The van der Waals surface area contributed by atoms with Gasteiger partial charge in [-0.05, 0) is 26.5 Å². The number of furan rings is 1. The van der Waals surface area contributed by atoms with Crippen LogP contribution in [0.2, 0.25) is 0 Å². The first-order valence-electron chi connectivity index (χ1n) is 6.71. The normalized spacial score (nSPS) is 11.8. The molecule has 0 aliphatic rings. The molecule has 0 saturated carbocycles. The molecule has 1 aromatic heterocycles. The lowest BCUT2D eigenvalue weighted by atomic mass is 10.1. The van der Waals surface area contributed by atoms with Gasteiger partial charge in [-0.25, -0.2) is 13.1 Å². The van der Waals surface area contributed by atoms with E-state index in [2.05, 4.69) is 10.0 Å². The molecule has 1 aromatic carbocycles. The Labute approximate surface area is 125 Å². The van der Waals surface area contributed by atoms with Crippen LogP contribution >= 0.6 is 0 Å². The number of aryl methyl sites for hydroxylation is 2. The number of benzene rings is 1. The molecule has 0 aliphatic carbocycles. The van der Waals surface area contributed by atoms with Crippen molar-refractivity contribution in [1.82, 2.24) is 10.0 Å². The Hall–Kier alpha value is -1.63. The van der Waals surface area contributed by atoms with Crippen molar-refractivity contribution < 1.29 is 12.8 Å². The van der Waals surface area contributed by atoms with Gasteiger partial charge in [0.25, 0.3) is 0 Å². The average Bonchev–Trinajstić information content (AvgIpc) is 2.79. The molecule has 0 spiro atoms. The summed E-state index contributed by atoms with van der Waals surface area (Å²) in [6.45, 7) is 4.38. The highest BCUT2D eigenvalue weighted by Crippen LogP contribution is 2.20. The van der Waals surface area contributed by atoms with E-state index in [0.717, 1.165) is 11.1 Å². The Morgan fingerprint density at radius 1 is 1.14 bits per heavy atom. The third-order valence-electron chi connectivity index (χ3n) is 3.11. The van der Waals surface area contributed by atoms with Crippen LogP contribution in [0.5, 0.6) is 0 Å². The van der Waals surface area contributed by atoms with Gasteiger partial charge in [0.1, 0.15) is 16.4 Å². The molecule has 2 aromatic rings. The van der Waals surface area contributed by atoms with Crippen molar-refractivity contribution in [1.29, 1.82) is 0 Å². The molecule has 0 amide bonds. The van der Waals surface area contributed by atoms with Crippen LogP contribution < -0.4 is 10.0 Å². The summed E-state index contributed by atoms with van der Waals surface area (Å²) < 4.78 is 32.7. The number of rotatable bonds is 6. The molecule has 2 rings (SSSR count). The highest BCUT2D eigenvalue weighted by Gasteiger charge is 2.20. The van der Waals surface area contributed by atoms with Crippen LogP contribution in [0.4, 0.5) is 0 Å². The van der Waals surface area contributed by atoms with E-state index in [-0.39, 0.29) is 11.4 Å². The fourth-order valence-corrected chi connectivity index (χ4v) is 3.35. The van der Waals surface area contributed by atoms with Crippen molar-refractivity contribution >= 4 is 10.0 Å². The lowest BCUT2D eigenvalue weighted by Gasteiger charge is -2.06. The highest BCUT2D eigenvalue weighted by atomic mass is 32.2. The number of nitrogens with one attached hydrogen (secondary N) is 2. The zero-order chi connectivity index (χ0) is 15.5. The minimum absolute atomic E-state index is 0.195. The largest absolute Gasteiger partial charge is 0.464 e. The molecular formula is C15H20N2O3S. The summed E-state index contributed by atoms with van der Waals surface area (Å²) in [7, 11) is -1.79. The van der Waals surface area contributed by atoms with Gasteiger partial charge >= 0.3 is 0 Å². The van der Waals surface area contributed by atoms with Crippen LogP contribution in [0.25, 0.3) is 0 Å². The van der Waals surface area contributed by atoms with Crippen molar-refractivity contribution in [3.8, 4) is 0 Å². The maximum Gasteiger partial charge on any atom is 0.244 e. The smallest absolute Gasteiger partial charge is 0.244 e. The van der Waals surface area contributed by atoms with Gasteiger partial charge in [0.2, 0.25) is 10.0 Å². The molecule has 2 N–H and O–H groups in total. The van der Waals surface area contributed by atoms with Gasteiger partial charge in [0.15, 0.2) is 0 Å². The first-order chi connectivity index (χ1) is 9.92. The molecule has 6 heteroatoms. The predicted molar refractivity (Wildman–Crippen MR) is 81.4 cm³/mol. The van der Waals surface area contributed by atoms with Crippen molar-refractivity contribution in [2.24, 2.45) is 0 Å². The maximum atomic E-state index is 12.3. The van der Waals surface area contributed by atoms with Crippen molar-refractivity contribution in [3.63, 3.8) is 0 Å². The van der Waals surface area contributed by atoms with E-state index in [0.29, 0.717) is 18.1 Å². The average molecular weight is 308 g/mol. The molecule has 5 nitrogen and oxygen atoms in total. The summed E-state index contributed by atoms with van der Waals surface area (Å²) in [5, 5.41) is 2.93. The Morgan fingerprint density at radius 3 is 2.57 bits per heavy atom. The summed E-state index contributed by atoms with van der Waals surface area (Å²) in [6.07, 6.45) is 0. The lowest BCUT2D eigenvalue weighted by molar-refractivity contribution is 0.465. The number of hydrogen-bond acceptors (Lipinski definition) is 4. The highest BCUT2D eigenvalue weighted by molar-refractivity contribution is 7.89. The molecule has 0 saturated heterocycles. The minimum atomic E-state index is -3.57. The van der Waals surface area contributed by atoms with Crippen LogP contribution in [0.1, 0.15) is 22.6 Å². The Morgan fingerprint density at radius 2 is 1.90 bits per heavy atom. The quantitative estimate of drug-likeness (QED) is 0.857. The topological polar surface area (TPSA) is 71.3 Å². The second-order valence-corrected chi connectivity index (χ2v) is 6.71. The fraction of sp³-hybridized carbons (Fsp3) is 0.333. The molecule has 0 bridgehead atoms. The molecular weight excluding hydrogens is 288 g/mol. The van der Waals surface area contributed by atoms with E-state index >= 15 is 0 Å². The van der Waals surface area contributed by atoms with Crippen LogP contribution in [-0.2, 0) is 23.1 Å². The van der Waals surface area contributed by atoms with E-state index in [1.54, 1.807) is 20.0 Å². The lowest BCUT2D eigenvalue weighted by Crippen LogP contribution is -2.23. The van der Waals surface area contributed by atoms with E-state index in [4.69, 9.17) is 4.42 Å². The van der Waals surface area contributed by atoms with Crippen molar-refractivity contribution in [3.05, 3.63) is 53.0 Å². The summed E-state index contributed by atoms with van der Waals surface area (Å²) in [5.74, 6) is 1.00. The Kier molecular flexibility index (Phi) is 4.82. The summed E-state index contributed by atoms with van der Waals surface area (Å²) >= 11 is 0. The maximum absolute atomic E-state index is 12.3. The zero-order valence-electron chi connectivity index (χ0n) is 12.4.